The summed E-state index contributed by atoms with van der Waals surface area (Å²) in [6.07, 6.45) is 0.915. The summed E-state index contributed by atoms with van der Waals surface area (Å²) in [4.78, 5) is 11.5. The first-order valence-electron chi connectivity index (χ1n) is 4.84. The van der Waals surface area contributed by atoms with Crippen LogP contribution >= 0.6 is 0 Å². The van der Waals surface area contributed by atoms with Crippen molar-refractivity contribution in [2.24, 2.45) is 0 Å². The molecule has 0 aliphatic rings. The van der Waals surface area contributed by atoms with Gasteiger partial charge in [0.05, 0.1) is 0 Å². The minimum absolute atomic E-state index is 0.0596. The Labute approximate surface area is 83.4 Å². The van der Waals surface area contributed by atoms with Gasteiger partial charge in [0.15, 0.2) is 5.43 Å². The van der Waals surface area contributed by atoms with Gasteiger partial charge in [0.2, 0.25) is 0 Å². The molecule has 1 atom stereocenters. The number of rotatable bonds is 3. The first kappa shape index (κ1) is 11.0. The van der Waals surface area contributed by atoms with Gasteiger partial charge in [-0.3, -0.25) is 4.79 Å². The molecule has 0 aliphatic heterocycles. The van der Waals surface area contributed by atoms with Crippen LogP contribution in [0.3, 0.4) is 0 Å². The van der Waals surface area contributed by atoms with Crippen LogP contribution in [0.2, 0.25) is 0 Å². The maximum Gasteiger partial charge on any atom is 0.188 e. The van der Waals surface area contributed by atoms with Crippen LogP contribution in [-0.2, 0) is 6.61 Å². The van der Waals surface area contributed by atoms with Crippen molar-refractivity contribution in [2.75, 3.05) is 0 Å². The summed E-state index contributed by atoms with van der Waals surface area (Å²) in [7, 11) is 0. The second-order valence-corrected chi connectivity index (χ2v) is 3.53. The summed E-state index contributed by atoms with van der Waals surface area (Å²) in [6, 6.07) is 1.35. The van der Waals surface area contributed by atoms with E-state index in [0.717, 1.165) is 6.42 Å². The summed E-state index contributed by atoms with van der Waals surface area (Å²) in [5, 5.41) is 8.90. The molecule has 3 nitrogen and oxygen atoms in total. The van der Waals surface area contributed by atoms with Crippen LogP contribution in [-0.4, -0.2) is 5.11 Å². The first-order chi connectivity index (χ1) is 6.60. The molecule has 0 aromatic carbocycles. The van der Waals surface area contributed by atoms with Crippen LogP contribution in [0.15, 0.2) is 15.3 Å². The van der Waals surface area contributed by atoms with E-state index < -0.39 is 0 Å². The molecular formula is C11H16O3. The van der Waals surface area contributed by atoms with Gasteiger partial charge >= 0.3 is 0 Å². The van der Waals surface area contributed by atoms with E-state index in [9.17, 15) is 4.79 Å². The molecule has 1 aromatic heterocycles. The van der Waals surface area contributed by atoms with Crippen molar-refractivity contribution >= 4 is 0 Å². The van der Waals surface area contributed by atoms with Crippen molar-refractivity contribution in [3.8, 4) is 0 Å². The quantitative estimate of drug-likeness (QED) is 0.803. The van der Waals surface area contributed by atoms with Crippen LogP contribution in [0.4, 0.5) is 0 Å². The Bertz CT molecular complexity index is 365. The third kappa shape index (κ3) is 2.04. The molecule has 0 spiro atoms. The molecule has 0 saturated carbocycles. The van der Waals surface area contributed by atoms with E-state index >= 15 is 0 Å². The molecule has 0 bridgehead atoms. The van der Waals surface area contributed by atoms with Crippen LogP contribution < -0.4 is 5.43 Å². The largest absolute Gasteiger partial charge is 0.463 e. The Hall–Kier alpha value is -1.09. The van der Waals surface area contributed by atoms with Gasteiger partial charge in [-0.15, -0.1) is 0 Å². The highest BCUT2D eigenvalue weighted by Crippen LogP contribution is 2.21. The van der Waals surface area contributed by atoms with Gasteiger partial charge in [0.1, 0.15) is 18.1 Å². The molecule has 1 N–H and O–H groups in total. The summed E-state index contributed by atoms with van der Waals surface area (Å²) < 4.78 is 5.44. The Morgan fingerprint density at radius 2 is 2.21 bits per heavy atom. The van der Waals surface area contributed by atoms with Crippen molar-refractivity contribution in [2.45, 2.75) is 39.7 Å². The molecule has 3 heteroatoms. The van der Waals surface area contributed by atoms with Gasteiger partial charge in [-0.2, -0.15) is 0 Å². The Morgan fingerprint density at radius 1 is 1.57 bits per heavy atom. The first-order valence-corrected chi connectivity index (χ1v) is 4.84. The lowest BCUT2D eigenvalue weighted by molar-refractivity contribution is 0.236. The summed E-state index contributed by atoms with van der Waals surface area (Å²) in [5.41, 5.74) is 0.590. The number of hydrogen-bond acceptors (Lipinski definition) is 3. The normalized spacial score (nSPS) is 12.9. The van der Waals surface area contributed by atoms with Gasteiger partial charge in [-0.1, -0.05) is 13.8 Å². The lowest BCUT2D eigenvalue weighted by Gasteiger charge is -2.11. The zero-order valence-corrected chi connectivity index (χ0v) is 8.83. The fourth-order valence-electron chi connectivity index (χ4n) is 1.36. The minimum Gasteiger partial charge on any atom is -0.463 e. The summed E-state index contributed by atoms with van der Waals surface area (Å²) >= 11 is 0. The maximum atomic E-state index is 11.5. The van der Waals surface area contributed by atoms with Gasteiger partial charge < -0.3 is 9.52 Å². The molecule has 1 rings (SSSR count). The van der Waals surface area contributed by atoms with E-state index in [1.54, 1.807) is 6.92 Å². The number of aliphatic hydroxyl groups excluding tert-OH is 1. The fourth-order valence-corrected chi connectivity index (χ4v) is 1.36. The van der Waals surface area contributed by atoms with Crippen LogP contribution in [0.5, 0.6) is 0 Å². The molecule has 1 heterocycles. The lowest BCUT2D eigenvalue weighted by Crippen LogP contribution is -2.11. The second-order valence-electron chi connectivity index (χ2n) is 3.53. The highest BCUT2D eigenvalue weighted by molar-refractivity contribution is 5.20. The minimum atomic E-state index is -0.223. The predicted molar refractivity (Wildman–Crippen MR) is 54.3 cm³/mol. The third-order valence-corrected chi connectivity index (χ3v) is 2.49. The van der Waals surface area contributed by atoms with Crippen molar-refractivity contribution in [1.82, 2.24) is 0 Å². The van der Waals surface area contributed by atoms with Crippen LogP contribution in [0.1, 0.15) is 43.3 Å². The van der Waals surface area contributed by atoms with E-state index in [0.29, 0.717) is 17.1 Å². The van der Waals surface area contributed by atoms with E-state index in [-0.39, 0.29) is 18.0 Å². The zero-order valence-electron chi connectivity index (χ0n) is 8.83. The van der Waals surface area contributed by atoms with Crippen LogP contribution in [0.25, 0.3) is 0 Å². The van der Waals surface area contributed by atoms with Gasteiger partial charge in [-0.05, 0) is 13.3 Å². The molecule has 1 aromatic rings. The van der Waals surface area contributed by atoms with Gasteiger partial charge in [-0.25, -0.2) is 0 Å². The third-order valence-electron chi connectivity index (χ3n) is 2.49. The van der Waals surface area contributed by atoms with Crippen molar-refractivity contribution in [3.05, 3.63) is 33.4 Å². The average molecular weight is 196 g/mol. The van der Waals surface area contributed by atoms with Crippen molar-refractivity contribution in [1.29, 1.82) is 0 Å². The van der Waals surface area contributed by atoms with E-state index in [2.05, 4.69) is 0 Å². The smallest absolute Gasteiger partial charge is 0.188 e. The maximum absolute atomic E-state index is 11.5. The molecule has 0 unspecified atom stereocenters. The molecule has 0 amide bonds. The second kappa shape index (κ2) is 4.42. The standard InChI is InChI=1S/C11H16O3/c1-4-7(2)11-8(3)10(13)5-9(6-12)14-11/h5,7,12H,4,6H2,1-3H3/t7-/m1/s1. The molecule has 78 valence electrons. The molecule has 0 saturated heterocycles. The van der Waals surface area contributed by atoms with E-state index in [1.165, 1.54) is 6.07 Å². The predicted octanol–water partition coefficient (Wildman–Crippen LogP) is 1.95. The van der Waals surface area contributed by atoms with Gasteiger partial charge in [0.25, 0.3) is 0 Å². The highest BCUT2D eigenvalue weighted by Gasteiger charge is 2.13. The summed E-state index contributed by atoms with van der Waals surface area (Å²) in [6.45, 7) is 5.58. The van der Waals surface area contributed by atoms with Crippen molar-refractivity contribution in [3.63, 3.8) is 0 Å². The Morgan fingerprint density at radius 3 is 2.71 bits per heavy atom. The fraction of sp³-hybridized carbons (Fsp3) is 0.545. The molecule has 0 radical (unpaired) electrons. The molecule has 0 aliphatic carbocycles. The molecule has 0 fully saturated rings. The highest BCUT2D eigenvalue weighted by atomic mass is 16.4. The zero-order chi connectivity index (χ0) is 10.7. The summed E-state index contributed by atoms with van der Waals surface area (Å²) in [5.74, 6) is 1.26. The number of aliphatic hydroxyl groups is 1. The Kier molecular flexibility index (Phi) is 3.47. The van der Waals surface area contributed by atoms with Crippen LogP contribution in [0, 0.1) is 6.92 Å². The van der Waals surface area contributed by atoms with Crippen molar-refractivity contribution < 1.29 is 9.52 Å². The monoisotopic (exact) mass is 196 g/mol. The van der Waals surface area contributed by atoms with E-state index in [4.69, 9.17) is 9.52 Å². The topological polar surface area (TPSA) is 50.4 Å². The number of hydrogen-bond donors (Lipinski definition) is 1. The van der Waals surface area contributed by atoms with E-state index in [1.807, 2.05) is 13.8 Å². The lowest BCUT2D eigenvalue weighted by atomic mass is 10.0. The van der Waals surface area contributed by atoms with Gasteiger partial charge in [0, 0.05) is 17.5 Å². The SMILES string of the molecule is CC[C@@H](C)c1oc(CO)cc(=O)c1C. The Balaban J connectivity index is 3.27. The average Bonchev–Trinajstić information content (AvgIpc) is 2.20. The molecular weight excluding hydrogens is 180 g/mol. The molecule has 14 heavy (non-hydrogen) atoms.